The molecule has 3 rings (SSSR count). The predicted octanol–water partition coefficient (Wildman–Crippen LogP) is 3.49. The normalized spacial score (nSPS) is 12.2. The lowest BCUT2D eigenvalue weighted by Gasteiger charge is -2.12. The van der Waals surface area contributed by atoms with E-state index in [1.165, 1.54) is 43.5 Å². The molecule has 30 heavy (non-hydrogen) atoms. The lowest BCUT2D eigenvalue weighted by molar-refractivity contribution is -0.123. The van der Waals surface area contributed by atoms with Gasteiger partial charge in [0.15, 0.2) is 15.9 Å². The van der Waals surface area contributed by atoms with Crippen LogP contribution in [0, 0.1) is 0 Å². The zero-order chi connectivity index (χ0) is 21.7. The number of rotatable bonds is 7. The number of nitrogens with one attached hydrogen (secondary N) is 1. The van der Waals surface area contributed by atoms with Gasteiger partial charge in [0.05, 0.1) is 9.92 Å². The number of furan rings is 1. The standard InChI is InChI=1S/C20H17ClN2O6S/c1-13(19(24)23-18-10-7-14(21)11-22-18)28-20(25)17-9-8-15(29-17)12-30(26,27)16-5-3-2-4-6-16/h2-11,13H,12H2,1H3,(H,22,23,24)/t13-/m0/s1. The average Bonchev–Trinajstić information content (AvgIpc) is 3.18. The van der Waals surface area contributed by atoms with Crippen molar-refractivity contribution in [2.24, 2.45) is 0 Å². The summed E-state index contributed by atoms with van der Waals surface area (Å²) in [5, 5.41) is 2.90. The number of hydrogen-bond acceptors (Lipinski definition) is 7. The third kappa shape index (κ3) is 5.46. The number of carbonyl (C=O) groups is 2. The van der Waals surface area contributed by atoms with Gasteiger partial charge in [-0.1, -0.05) is 29.8 Å². The average molecular weight is 449 g/mol. The van der Waals surface area contributed by atoms with E-state index in [0.29, 0.717) is 5.02 Å². The van der Waals surface area contributed by atoms with E-state index in [1.807, 2.05) is 0 Å². The van der Waals surface area contributed by atoms with E-state index in [9.17, 15) is 18.0 Å². The first kappa shape index (κ1) is 21.5. The second kappa shape index (κ2) is 9.10. The molecular formula is C20H17ClN2O6S. The van der Waals surface area contributed by atoms with Crippen LogP contribution >= 0.6 is 11.6 Å². The Labute approximate surface area is 177 Å². The first-order chi connectivity index (χ1) is 14.2. The van der Waals surface area contributed by atoms with Gasteiger partial charge in [-0.05, 0) is 43.3 Å². The maximum atomic E-state index is 12.4. The van der Waals surface area contributed by atoms with Crippen LogP contribution in [0.5, 0.6) is 0 Å². The summed E-state index contributed by atoms with van der Waals surface area (Å²) in [4.78, 5) is 28.4. The zero-order valence-electron chi connectivity index (χ0n) is 15.7. The Morgan fingerprint density at radius 1 is 1.13 bits per heavy atom. The molecule has 0 unspecified atom stereocenters. The van der Waals surface area contributed by atoms with Crippen LogP contribution in [0.3, 0.4) is 0 Å². The summed E-state index contributed by atoms with van der Waals surface area (Å²) in [5.41, 5.74) is 0. The van der Waals surface area contributed by atoms with Crippen molar-refractivity contribution in [3.8, 4) is 0 Å². The summed E-state index contributed by atoms with van der Waals surface area (Å²) in [6.45, 7) is 1.38. The Morgan fingerprint density at radius 3 is 2.53 bits per heavy atom. The number of carbonyl (C=O) groups excluding carboxylic acids is 2. The molecule has 10 heteroatoms. The van der Waals surface area contributed by atoms with E-state index in [-0.39, 0.29) is 22.2 Å². The number of amides is 1. The van der Waals surface area contributed by atoms with Crippen LogP contribution in [0.1, 0.15) is 23.2 Å². The molecular weight excluding hydrogens is 432 g/mol. The number of esters is 1. The number of aromatic nitrogens is 1. The lowest BCUT2D eigenvalue weighted by Crippen LogP contribution is -2.30. The van der Waals surface area contributed by atoms with Crippen LogP contribution in [-0.4, -0.2) is 31.4 Å². The van der Waals surface area contributed by atoms with Crippen LogP contribution in [0.2, 0.25) is 5.02 Å². The van der Waals surface area contributed by atoms with Crippen molar-refractivity contribution in [3.63, 3.8) is 0 Å². The second-order valence-corrected chi connectivity index (χ2v) is 8.66. The van der Waals surface area contributed by atoms with Crippen LogP contribution < -0.4 is 5.32 Å². The van der Waals surface area contributed by atoms with Crippen molar-refractivity contribution in [2.75, 3.05) is 5.32 Å². The highest BCUT2D eigenvalue weighted by Crippen LogP contribution is 2.19. The van der Waals surface area contributed by atoms with E-state index in [0.717, 1.165) is 0 Å². The smallest absolute Gasteiger partial charge is 0.375 e. The molecule has 1 N–H and O–H groups in total. The maximum Gasteiger partial charge on any atom is 0.375 e. The molecule has 8 nitrogen and oxygen atoms in total. The molecule has 156 valence electrons. The largest absolute Gasteiger partial charge is 0.453 e. The molecule has 0 aliphatic carbocycles. The number of sulfone groups is 1. The fraction of sp³-hybridized carbons (Fsp3) is 0.150. The van der Waals surface area contributed by atoms with E-state index < -0.39 is 33.6 Å². The van der Waals surface area contributed by atoms with Crippen molar-refractivity contribution < 1.29 is 27.2 Å². The summed E-state index contributed by atoms with van der Waals surface area (Å²) in [6.07, 6.45) is 0.221. The Balaban J connectivity index is 1.60. The van der Waals surface area contributed by atoms with Crippen LogP contribution in [0.4, 0.5) is 5.82 Å². The number of ether oxygens (including phenoxy) is 1. The minimum Gasteiger partial charge on any atom is -0.453 e. The number of nitrogens with zero attached hydrogens (tertiary/aromatic N) is 1. The van der Waals surface area contributed by atoms with Crippen LogP contribution in [0.15, 0.2) is 70.1 Å². The highest BCUT2D eigenvalue weighted by atomic mass is 35.5. The molecule has 0 saturated carbocycles. The molecule has 0 bridgehead atoms. The molecule has 1 aromatic carbocycles. The fourth-order valence-electron chi connectivity index (χ4n) is 2.41. The number of anilines is 1. The molecule has 0 saturated heterocycles. The highest BCUT2D eigenvalue weighted by Gasteiger charge is 2.23. The van der Waals surface area contributed by atoms with Gasteiger partial charge in [0, 0.05) is 6.20 Å². The van der Waals surface area contributed by atoms with Gasteiger partial charge in [0.1, 0.15) is 17.3 Å². The van der Waals surface area contributed by atoms with E-state index in [2.05, 4.69) is 10.3 Å². The Morgan fingerprint density at radius 2 is 1.87 bits per heavy atom. The van der Waals surface area contributed by atoms with Gasteiger partial charge in [0.2, 0.25) is 5.76 Å². The number of benzene rings is 1. The second-order valence-electron chi connectivity index (χ2n) is 6.24. The van der Waals surface area contributed by atoms with Gasteiger partial charge < -0.3 is 14.5 Å². The van der Waals surface area contributed by atoms with E-state index >= 15 is 0 Å². The predicted molar refractivity (Wildman–Crippen MR) is 109 cm³/mol. The van der Waals surface area contributed by atoms with Gasteiger partial charge >= 0.3 is 5.97 Å². The molecule has 0 radical (unpaired) electrons. The summed E-state index contributed by atoms with van der Waals surface area (Å²) < 4.78 is 35.2. The Hall–Kier alpha value is -3.17. The molecule has 2 aromatic heterocycles. The number of hydrogen-bond donors (Lipinski definition) is 1. The summed E-state index contributed by atoms with van der Waals surface area (Å²) in [6, 6.07) is 13.6. The minimum absolute atomic E-state index is 0.0771. The number of pyridine rings is 1. The van der Waals surface area contributed by atoms with Crippen molar-refractivity contribution >= 4 is 39.1 Å². The molecule has 1 atom stereocenters. The van der Waals surface area contributed by atoms with Gasteiger partial charge in [-0.2, -0.15) is 0 Å². The topological polar surface area (TPSA) is 116 Å². The quantitative estimate of drug-likeness (QED) is 0.550. The molecule has 2 heterocycles. The molecule has 0 fully saturated rings. The summed E-state index contributed by atoms with van der Waals surface area (Å²) in [5.74, 6) is -1.80. The van der Waals surface area contributed by atoms with Crippen LogP contribution in [0.25, 0.3) is 0 Å². The maximum absolute atomic E-state index is 12.4. The molecule has 1 amide bonds. The highest BCUT2D eigenvalue weighted by molar-refractivity contribution is 7.90. The fourth-order valence-corrected chi connectivity index (χ4v) is 3.79. The van der Waals surface area contributed by atoms with Crippen LogP contribution in [-0.2, 0) is 25.1 Å². The molecule has 0 aliphatic rings. The van der Waals surface area contributed by atoms with Crippen molar-refractivity contribution in [1.29, 1.82) is 0 Å². The van der Waals surface area contributed by atoms with E-state index in [1.54, 1.807) is 24.3 Å². The molecule has 0 aliphatic heterocycles. The lowest BCUT2D eigenvalue weighted by atomic mass is 10.3. The van der Waals surface area contributed by atoms with Gasteiger partial charge in [-0.25, -0.2) is 18.2 Å². The van der Waals surface area contributed by atoms with E-state index in [4.69, 9.17) is 20.8 Å². The summed E-state index contributed by atoms with van der Waals surface area (Å²) >= 11 is 5.73. The summed E-state index contributed by atoms with van der Waals surface area (Å²) in [7, 11) is -3.63. The Kier molecular flexibility index (Phi) is 6.53. The third-order valence-electron chi connectivity index (χ3n) is 3.93. The monoisotopic (exact) mass is 448 g/mol. The van der Waals surface area contributed by atoms with Crippen molar-refractivity contribution in [1.82, 2.24) is 4.98 Å². The third-order valence-corrected chi connectivity index (χ3v) is 5.81. The molecule has 0 spiro atoms. The minimum atomic E-state index is -3.63. The zero-order valence-corrected chi connectivity index (χ0v) is 17.3. The SMILES string of the molecule is C[C@H](OC(=O)c1ccc(CS(=O)(=O)c2ccccc2)o1)C(=O)Nc1ccc(Cl)cn1. The van der Waals surface area contributed by atoms with Gasteiger partial charge in [0.25, 0.3) is 5.91 Å². The first-order valence-corrected chi connectivity index (χ1v) is 10.8. The first-order valence-electron chi connectivity index (χ1n) is 8.74. The van der Waals surface area contributed by atoms with Crippen molar-refractivity contribution in [3.05, 3.63) is 77.3 Å². The Bertz CT molecular complexity index is 1140. The van der Waals surface area contributed by atoms with Gasteiger partial charge in [-0.3, -0.25) is 4.79 Å². The number of halogens is 1. The van der Waals surface area contributed by atoms with Crippen molar-refractivity contribution in [2.45, 2.75) is 23.7 Å². The van der Waals surface area contributed by atoms with Gasteiger partial charge in [-0.15, -0.1) is 0 Å². The molecule has 3 aromatic rings.